The van der Waals surface area contributed by atoms with Crippen molar-refractivity contribution in [2.75, 3.05) is 0 Å². The third-order valence-corrected chi connectivity index (χ3v) is 4.25. The number of carbonyl (C=O) groups is 2. The Morgan fingerprint density at radius 1 is 1.00 bits per heavy atom. The minimum absolute atomic E-state index is 0.337. The van der Waals surface area contributed by atoms with E-state index in [1.807, 2.05) is 37.3 Å². The van der Waals surface area contributed by atoms with Gasteiger partial charge in [0.25, 0.3) is 11.8 Å². The van der Waals surface area contributed by atoms with Crippen LogP contribution in [0.3, 0.4) is 0 Å². The van der Waals surface area contributed by atoms with E-state index in [1.165, 1.54) is 17.3 Å². The minimum Gasteiger partial charge on any atom is -0.288 e. The van der Waals surface area contributed by atoms with Crippen LogP contribution in [-0.2, 0) is 0 Å². The van der Waals surface area contributed by atoms with Gasteiger partial charge in [-0.25, -0.2) is 0 Å². The molecule has 0 spiro atoms. The van der Waals surface area contributed by atoms with Gasteiger partial charge in [0.2, 0.25) is 0 Å². The molecule has 0 saturated heterocycles. The fourth-order valence-corrected chi connectivity index (χ4v) is 3.20. The number of thioether (sulfide) groups is 1. The second-order valence-electron chi connectivity index (χ2n) is 4.80. The van der Waals surface area contributed by atoms with Crippen LogP contribution in [0.4, 0.5) is 0 Å². The average molecular weight is 295 g/mol. The van der Waals surface area contributed by atoms with E-state index in [4.69, 9.17) is 0 Å². The zero-order valence-electron chi connectivity index (χ0n) is 11.5. The molecule has 0 fully saturated rings. The molecule has 1 aliphatic heterocycles. The van der Waals surface area contributed by atoms with Crippen molar-refractivity contribution in [3.63, 3.8) is 0 Å². The lowest BCUT2D eigenvalue weighted by molar-refractivity contribution is 0.0879. The summed E-state index contributed by atoms with van der Waals surface area (Å²) in [5.41, 5.74) is 4.00. The molecule has 3 rings (SSSR count). The second kappa shape index (κ2) is 5.22. The van der Waals surface area contributed by atoms with E-state index in [9.17, 15) is 9.59 Å². The molecule has 0 aliphatic carbocycles. The number of fused-ring (bicyclic) bond motifs is 1. The minimum atomic E-state index is -0.340. The molecule has 0 radical (unpaired) electrons. The Labute approximate surface area is 127 Å². The van der Waals surface area contributed by atoms with Crippen LogP contribution in [0.5, 0.6) is 0 Å². The molecule has 0 atom stereocenters. The third-order valence-electron chi connectivity index (χ3n) is 3.42. The molecule has 2 aromatic rings. The molecule has 4 heteroatoms. The van der Waals surface area contributed by atoms with Crippen LogP contribution in [0.15, 0.2) is 53.3 Å². The second-order valence-corrected chi connectivity index (χ2v) is 5.78. The van der Waals surface area contributed by atoms with Crippen molar-refractivity contribution in [1.29, 1.82) is 0 Å². The lowest BCUT2D eigenvalue weighted by Crippen LogP contribution is -2.20. The number of hydrogen-bond acceptors (Lipinski definition) is 3. The molecule has 1 aliphatic rings. The fraction of sp³-hybridized carbons (Fsp3) is 0.0588. The Kier molecular flexibility index (Phi) is 3.39. The highest BCUT2D eigenvalue weighted by atomic mass is 32.2. The van der Waals surface area contributed by atoms with Gasteiger partial charge in [-0.1, -0.05) is 54.2 Å². The van der Waals surface area contributed by atoms with Crippen LogP contribution in [0.25, 0.3) is 11.1 Å². The van der Waals surface area contributed by atoms with Gasteiger partial charge >= 0.3 is 0 Å². The summed E-state index contributed by atoms with van der Waals surface area (Å²) in [6.45, 7) is 5.75. The molecule has 104 valence electrons. The molecule has 2 amide bonds. The Morgan fingerprint density at radius 3 is 2.33 bits per heavy atom. The van der Waals surface area contributed by atoms with E-state index >= 15 is 0 Å². The lowest BCUT2D eigenvalue weighted by Gasteiger charge is -2.11. The average Bonchev–Trinajstić information content (AvgIpc) is 2.76. The van der Waals surface area contributed by atoms with Crippen molar-refractivity contribution in [3.8, 4) is 11.1 Å². The van der Waals surface area contributed by atoms with Crippen LogP contribution < -0.4 is 5.32 Å². The third kappa shape index (κ3) is 2.28. The van der Waals surface area contributed by atoms with Gasteiger partial charge in [0, 0.05) is 4.90 Å². The first-order chi connectivity index (χ1) is 10.1. The summed E-state index contributed by atoms with van der Waals surface area (Å²) in [5, 5.41) is 4.01. The molecule has 2 aromatic carbocycles. The highest BCUT2D eigenvalue weighted by molar-refractivity contribution is 8.02. The fourth-order valence-electron chi connectivity index (χ4n) is 2.40. The summed E-state index contributed by atoms with van der Waals surface area (Å²) in [6.07, 6.45) is 0. The summed E-state index contributed by atoms with van der Waals surface area (Å²) >= 11 is 1.36. The maximum Gasteiger partial charge on any atom is 0.260 e. The monoisotopic (exact) mass is 295 g/mol. The number of nitrogens with one attached hydrogen (secondary N) is 1. The predicted molar refractivity (Wildman–Crippen MR) is 84.5 cm³/mol. The summed E-state index contributed by atoms with van der Waals surface area (Å²) in [5.74, 6) is -0.676. The van der Waals surface area contributed by atoms with Gasteiger partial charge < -0.3 is 0 Å². The van der Waals surface area contributed by atoms with Crippen LogP contribution in [-0.4, -0.2) is 11.8 Å². The van der Waals surface area contributed by atoms with E-state index in [-0.39, 0.29) is 11.8 Å². The van der Waals surface area contributed by atoms with Gasteiger partial charge in [-0.3, -0.25) is 14.9 Å². The molecule has 0 bridgehead atoms. The van der Waals surface area contributed by atoms with Gasteiger partial charge in [0.05, 0.1) is 11.1 Å². The number of carbonyl (C=O) groups excluding carboxylic acids is 2. The molecule has 1 N–H and O–H groups in total. The van der Waals surface area contributed by atoms with E-state index in [0.29, 0.717) is 11.1 Å². The Morgan fingerprint density at radius 2 is 1.67 bits per heavy atom. The first-order valence-corrected chi connectivity index (χ1v) is 7.37. The van der Waals surface area contributed by atoms with Crippen molar-refractivity contribution in [3.05, 3.63) is 65.1 Å². The lowest BCUT2D eigenvalue weighted by atomic mass is 9.99. The topological polar surface area (TPSA) is 46.2 Å². The summed E-state index contributed by atoms with van der Waals surface area (Å²) < 4.78 is 0. The Bertz CT molecular complexity index is 763. The largest absolute Gasteiger partial charge is 0.288 e. The van der Waals surface area contributed by atoms with Gasteiger partial charge in [-0.2, -0.15) is 0 Å². The molecule has 1 heterocycles. The Hall–Kier alpha value is -2.33. The first-order valence-electron chi connectivity index (χ1n) is 6.49. The van der Waals surface area contributed by atoms with E-state index in [2.05, 4.69) is 11.9 Å². The zero-order valence-corrected chi connectivity index (χ0v) is 12.3. The summed E-state index contributed by atoms with van der Waals surface area (Å²) in [7, 11) is 0. The molecule has 21 heavy (non-hydrogen) atoms. The molecular weight excluding hydrogens is 282 g/mol. The van der Waals surface area contributed by atoms with E-state index in [0.717, 1.165) is 16.0 Å². The maximum absolute atomic E-state index is 12.0. The molecule has 0 aromatic heterocycles. The number of benzene rings is 2. The predicted octanol–water partition coefficient (Wildman–Crippen LogP) is 3.78. The van der Waals surface area contributed by atoms with Crippen LogP contribution in [0.2, 0.25) is 0 Å². The van der Waals surface area contributed by atoms with Crippen molar-refractivity contribution in [2.45, 2.75) is 11.8 Å². The molecule has 0 unspecified atom stereocenters. The van der Waals surface area contributed by atoms with Crippen LogP contribution >= 0.6 is 11.8 Å². The highest BCUT2D eigenvalue weighted by Crippen LogP contribution is 2.38. The van der Waals surface area contributed by atoms with Gasteiger partial charge in [-0.05, 0) is 29.5 Å². The zero-order chi connectivity index (χ0) is 15.0. The van der Waals surface area contributed by atoms with Crippen molar-refractivity contribution < 1.29 is 9.59 Å². The smallest absolute Gasteiger partial charge is 0.260 e. The Balaban J connectivity index is 2.24. The SMILES string of the molecule is C=CSc1c(-c2ccc(C)cc2)ccc2c1C(=O)NC2=O. The molecule has 3 nitrogen and oxygen atoms in total. The van der Waals surface area contributed by atoms with Crippen LogP contribution in [0.1, 0.15) is 26.3 Å². The van der Waals surface area contributed by atoms with Crippen molar-refractivity contribution >= 4 is 23.6 Å². The number of aryl methyl sites for hydroxylation is 1. The molecular formula is C17H13NO2S. The number of hydrogen-bond donors (Lipinski definition) is 1. The number of imide groups is 1. The van der Waals surface area contributed by atoms with Crippen molar-refractivity contribution in [2.24, 2.45) is 0 Å². The molecule has 0 saturated carbocycles. The van der Waals surface area contributed by atoms with E-state index in [1.54, 1.807) is 11.5 Å². The summed E-state index contributed by atoms with van der Waals surface area (Å²) in [4.78, 5) is 24.6. The number of rotatable bonds is 3. The first kappa shape index (κ1) is 13.6. The van der Waals surface area contributed by atoms with Gasteiger partial charge in [0.15, 0.2) is 0 Å². The van der Waals surface area contributed by atoms with E-state index < -0.39 is 0 Å². The van der Waals surface area contributed by atoms with Gasteiger partial charge in [-0.15, -0.1) is 0 Å². The maximum atomic E-state index is 12.0. The standard InChI is InChI=1S/C17H13NO2S/c1-3-21-15-12(11-6-4-10(2)5-7-11)8-9-13-14(15)17(20)18-16(13)19/h3-9H,1H2,2H3,(H,18,19,20). The van der Waals surface area contributed by atoms with Crippen molar-refractivity contribution in [1.82, 2.24) is 5.32 Å². The number of amides is 2. The highest BCUT2D eigenvalue weighted by Gasteiger charge is 2.31. The van der Waals surface area contributed by atoms with Crippen LogP contribution in [0, 0.1) is 6.92 Å². The summed E-state index contributed by atoms with van der Waals surface area (Å²) in [6, 6.07) is 11.7. The quantitative estimate of drug-likeness (QED) is 0.692. The normalized spacial score (nSPS) is 13.0. The van der Waals surface area contributed by atoms with Gasteiger partial charge in [0.1, 0.15) is 0 Å².